The zero-order valence-electron chi connectivity index (χ0n) is 12.9. The molecule has 3 unspecified atom stereocenters. The van der Waals surface area contributed by atoms with Crippen molar-refractivity contribution < 1.29 is 16.1 Å². The maximum absolute atomic E-state index is 9.82. The highest BCUT2D eigenvalue weighted by atomic mass is 16.3. The average Bonchev–Trinajstić information content (AvgIpc) is 1.95. The lowest BCUT2D eigenvalue weighted by Crippen LogP contribution is -2.35. The topological polar surface area (TPSA) is 46.2 Å². The third kappa shape index (κ3) is 1.66. The molecule has 1 aliphatic carbocycles. The summed E-state index contributed by atoms with van der Waals surface area (Å²) in [5.41, 5.74) is 5.39. The van der Waals surface area contributed by atoms with Gasteiger partial charge in [0.05, 0.1) is 7.45 Å². The van der Waals surface area contributed by atoms with Crippen LogP contribution in [0.25, 0.3) is 0 Å². The highest BCUT2D eigenvalue weighted by Crippen LogP contribution is 2.22. The summed E-state index contributed by atoms with van der Waals surface area (Å²) in [7, 11) is 0. The Balaban J connectivity index is 3.34. The summed E-state index contributed by atoms with van der Waals surface area (Å²) in [6.07, 6.45) is -8.76. The van der Waals surface area contributed by atoms with E-state index in [9.17, 15) is 5.11 Å². The molecule has 3 atom stereocenters. The van der Waals surface area contributed by atoms with Crippen molar-refractivity contribution in [3.05, 3.63) is 0 Å². The van der Waals surface area contributed by atoms with Crippen molar-refractivity contribution in [2.24, 2.45) is 11.7 Å². The highest BCUT2D eigenvalue weighted by Gasteiger charge is 2.22. The summed E-state index contributed by atoms with van der Waals surface area (Å²) in [6.45, 7) is -2.98. The van der Waals surface area contributed by atoms with Crippen LogP contribution in [0.4, 0.5) is 0 Å². The van der Waals surface area contributed by atoms with E-state index in [4.69, 9.17) is 16.7 Å². The van der Waals surface area contributed by atoms with Crippen molar-refractivity contribution in [1.82, 2.24) is 0 Å². The maximum atomic E-state index is 9.82. The molecule has 0 radical (unpaired) electrons. The molecule has 1 saturated carbocycles. The van der Waals surface area contributed by atoms with Gasteiger partial charge in [0, 0.05) is 15.6 Å². The van der Waals surface area contributed by atoms with E-state index in [0.717, 1.165) is 0 Å². The quantitative estimate of drug-likeness (QED) is 0.510. The number of hydrogen-bond acceptors (Lipinski definition) is 2. The summed E-state index contributed by atoms with van der Waals surface area (Å²) in [5, 5.41) is 9.82. The van der Waals surface area contributed by atoms with Crippen molar-refractivity contribution in [3.63, 3.8) is 0 Å². The number of nitrogens with two attached hydrogens (primary N) is 1. The van der Waals surface area contributed by atoms with Crippen LogP contribution in [0.15, 0.2) is 0 Å². The lowest BCUT2D eigenvalue weighted by molar-refractivity contribution is 0.0708. The first-order chi connectivity index (χ1) is 7.24. The van der Waals surface area contributed by atoms with Crippen LogP contribution in [0.1, 0.15) is 37.0 Å². The second-order valence-electron chi connectivity index (χ2n) is 1.98. The standard InChI is InChI=1S/C7H15NO/c1-5-2-3-6(8)4-7(5)9/h5-7,9H,2-4,8H2,1H3/i1D3,2D2,4D2,7D. The Morgan fingerprint density at radius 2 is 2.78 bits per heavy atom. The van der Waals surface area contributed by atoms with Gasteiger partial charge in [-0.15, -0.1) is 0 Å². The molecule has 3 N–H and O–H groups in total. The molecule has 1 rings (SSSR count). The third-order valence-electron chi connectivity index (χ3n) is 1.15. The maximum Gasteiger partial charge on any atom is 0.0604 e. The molecule has 1 fully saturated rings. The predicted molar refractivity (Wildman–Crippen MR) is 37.0 cm³/mol. The van der Waals surface area contributed by atoms with Gasteiger partial charge in [0.1, 0.15) is 0 Å². The fraction of sp³-hybridized carbons (Fsp3) is 1.00. The van der Waals surface area contributed by atoms with Gasteiger partial charge in [0.2, 0.25) is 0 Å². The Bertz CT molecular complexity index is 311. The lowest BCUT2D eigenvalue weighted by atomic mass is 9.85. The van der Waals surface area contributed by atoms with Gasteiger partial charge < -0.3 is 10.8 Å². The van der Waals surface area contributed by atoms with Crippen LogP contribution in [-0.4, -0.2) is 17.2 Å². The first-order valence-electron chi connectivity index (χ1n) is 6.72. The summed E-state index contributed by atoms with van der Waals surface area (Å²) in [6, 6.07) is -1.43. The van der Waals surface area contributed by atoms with Crippen LogP contribution in [0.3, 0.4) is 0 Å². The van der Waals surface area contributed by atoms with E-state index in [-0.39, 0.29) is 0 Å². The predicted octanol–water partition coefficient (Wildman–Crippen LogP) is 0.495. The zero-order chi connectivity index (χ0) is 13.9. The minimum absolute atomic E-state index is 0.551. The first-order valence-corrected chi connectivity index (χ1v) is 2.72. The van der Waals surface area contributed by atoms with Crippen LogP contribution in [0.2, 0.25) is 0 Å². The van der Waals surface area contributed by atoms with Crippen molar-refractivity contribution in [2.75, 3.05) is 0 Å². The van der Waals surface area contributed by atoms with E-state index >= 15 is 0 Å². The smallest absolute Gasteiger partial charge is 0.0604 e. The molecule has 1 aliphatic rings. The van der Waals surface area contributed by atoms with E-state index in [0.29, 0.717) is 0 Å². The fourth-order valence-corrected chi connectivity index (χ4v) is 0.666. The van der Waals surface area contributed by atoms with Crippen LogP contribution >= 0.6 is 0 Å². The molecule has 0 spiro atoms. The molecule has 0 bridgehead atoms. The fourth-order valence-electron chi connectivity index (χ4n) is 0.666. The van der Waals surface area contributed by atoms with Gasteiger partial charge in [-0.25, -0.2) is 0 Å². The molecule has 9 heavy (non-hydrogen) atoms. The molecule has 0 heterocycles. The summed E-state index contributed by atoms with van der Waals surface area (Å²) in [5.74, 6) is -2.14. The third-order valence-corrected chi connectivity index (χ3v) is 1.15. The van der Waals surface area contributed by atoms with Gasteiger partial charge >= 0.3 is 0 Å². The van der Waals surface area contributed by atoms with E-state index < -0.39 is 44.1 Å². The van der Waals surface area contributed by atoms with Gasteiger partial charge in [-0.05, 0) is 25.1 Å². The Morgan fingerprint density at radius 1 is 2.00 bits per heavy atom. The van der Waals surface area contributed by atoms with Crippen molar-refractivity contribution in [1.29, 1.82) is 0 Å². The highest BCUT2D eigenvalue weighted by molar-refractivity contribution is 4.78. The second kappa shape index (κ2) is 2.67. The molecular weight excluding hydrogens is 114 g/mol. The van der Waals surface area contributed by atoms with Crippen molar-refractivity contribution >= 4 is 0 Å². The normalized spacial score (nSPS) is 78.9. The van der Waals surface area contributed by atoms with Gasteiger partial charge in [-0.3, -0.25) is 0 Å². The molecule has 0 aromatic rings. The Labute approximate surface area is 67.3 Å². The number of hydrogen-bond donors (Lipinski definition) is 2. The summed E-state index contributed by atoms with van der Waals surface area (Å²) >= 11 is 0. The van der Waals surface area contributed by atoms with Gasteiger partial charge in [-0.2, -0.15) is 0 Å². The lowest BCUT2D eigenvalue weighted by Gasteiger charge is -2.28. The largest absolute Gasteiger partial charge is 0.393 e. The Hall–Kier alpha value is -0.0800. The van der Waals surface area contributed by atoms with E-state index in [1.165, 1.54) is 0 Å². The van der Waals surface area contributed by atoms with Crippen molar-refractivity contribution in [2.45, 2.75) is 38.1 Å². The Kier molecular flexibility index (Phi) is 0.580. The minimum Gasteiger partial charge on any atom is -0.393 e. The zero-order valence-corrected chi connectivity index (χ0v) is 4.89. The van der Waals surface area contributed by atoms with Gasteiger partial charge in [0.25, 0.3) is 0 Å². The molecule has 2 nitrogen and oxygen atoms in total. The average molecular weight is 137 g/mol. The van der Waals surface area contributed by atoms with Gasteiger partial charge in [0.15, 0.2) is 0 Å². The molecule has 0 aromatic carbocycles. The molecule has 0 aliphatic heterocycles. The second-order valence-corrected chi connectivity index (χ2v) is 1.98. The minimum atomic E-state index is -3.10. The van der Waals surface area contributed by atoms with Crippen LogP contribution in [-0.2, 0) is 0 Å². The monoisotopic (exact) mass is 137 g/mol. The van der Waals surface area contributed by atoms with E-state index in [1.54, 1.807) is 0 Å². The van der Waals surface area contributed by atoms with Crippen molar-refractivity contribution in [3.8, 4) is 0 Å². The summed E-state index contributed by atoms with van der Waals surface area (Å²) in [4.78, 5) is 0. The first kappa shape index (κ1) is 1.95. The number of rotatable bonds is 0. The Morgan fingerprint density at radius 3 is 3.44 bits per heavy atom. The SMILES string of the molecule is [2H]C([2H])([2H])C1C([2H])([2H])CC(N)C([2H])([2H])C1([2H])O. The van der Waals surface area contributed by atoms with Crippen LogP contribution in [0.5, 0.6) is 0 Å². The van der Waals surface area contributed by atoms with Crippen LogP contribution < -0.4 is 5.73 Å². The summed E-state index contributed by atoms with van der Waals surface area (Å²) < 4.78 is 59.3. The van der Waals surface area contributed by atoms with Crippen LogP contribution in [0, 0.1) is 5.92 Å². The number of aliphatic hydroxyl groups is 1. The molecule has 0 amide bonds. The van der Waals surface area contributed by atoms with E-state index in [1.807, 2.05) is 0 Å². The van der Waals surface area contributed by atoms with E-state index in [2.05, 4.69) is 0 Å². The van der Waals surface area contributed by atoms with Gasteiger partial charge in [-0.1, -0.05) is 6.85 Å². The molecule has 0 aromatic heterocycles. The molecule has 54 valence electrons. The molecule has 0 saturated heterocycles. The molecular formula is C7H15NO. The molecule has 2 heteroatoms.